The monoisotopic (exact) mass is 582 g/mol. The minimum Gasteiger partial charge on any atom is -0.457 e. The molecule has 0 saturated carbocycles. The van der Waals surface area contributed by atoms with Gasteiger partial charge in [0.05, 0.1) is 34.5 Å². The highest BCUT2D eigenvalue weighted by molar-refractivity contribution is 7.21. The van der Waals surface area contributed by atoms with Crippen LogP contribution in [0.2, 0.25) is 0 Å². The number of para-hydroxylation sites is 1. The molecule has 3 aliphatic rings. The number of ether oxygens (including phenoxy) is 1. The zero-order valence-corrected chi connectivity index (χ0v) is 23.9. The summed E-state index contributed by atoms with van der Waals surface area (Å²) in [5.41, 5.74) is 8.53. The number of amides is 4. The molecule has 5 heterocycles. The van der Waals surface area contributed by atoms with Crippen LogP contribution in [0.15, 0.2) is 60.8 Å². The molecular weight excluding hydrogens is 552 g/mol. The number of piperidine rings is 1. The van der Waals surface area contributed by atoms with Crippen LogP contribution in [-0.4, -0.2) is 59.4 Å². The first kappa shape index (κ1) is 26.4. The maximum Gasteiger partial charge on any atom is 0.334 e. The maximum atomic E-state index is 14.6. The summed E-state index contributed by atoms with van der Waals surface area (Å²) in [6.45, 7) is 3.79. The number of anilines is 3. The van der Waals surface area contributed by atoms with Crippen LogP contribution in [0.3, 0.4) is 0 Å². The zero-order valence-electron chi connectivity index (χ0n) is 23.1. The highest BCUT2D eigenvalue weighted by atomic mass is 32.1. The van der Waals surface area contributed by atoms with Crippen molar-refractivity contribution in [1.82, 2.24) is 15.2 Å². The van der Waals surface area contributed by atoms with Crippen LogP contribution in [0.1, 0.15) is 34.5 Å². The van der Waals surface area contributed by atoms with Crippen molar-refractivity contribution < 1.29 is 19.1 Å². The summed E-state index contributed by atoms with van der Waals surface area (Å²) in [5, 5.41) is 3.90. The SMILES string of the molecule is Cc1cc(Oc2ccccc2)ccc1N1C(=O)N([C@@H]2CCCN(C(=O)[C@H]3CCN3)C2)c2c(C(N)=O)sc3nccc1c23. The number of primary amides is 1. The molecule has 214 valence electrons. The quantitative estimate of drug-likeness (QED) is 0.333. The van der Waals surface area contributed by atoms with Crippen LogP contribution in [0.4, 0.5) is 21.9 Å². The Bertz CT molecular complexity index is 1720. The van der Waals surface area contributed by atoms with Crippen LogP contribution in [0.5, 0.6) is 11.5 Å². The summed E-state index contributed by atoms with van der Waals surface area (Å²) in [7, 11) is 0. The van der Waals surface area contributed by atoms with Crippen molar-refractivity contribution in [3.05, 3.63) is 71.2 Å². The van der Waals surface area contributed by atoms with E-state index in [0.717, 1.165) is 30.7 Å². The van der Waals surface area contributed by atoms with Gasteiger partial charge >= 0.3 is 6.03 Å². The number of nitrogens with two attached hydrogens (primary N) is 1. The Kier molecular flexibility index (Phi) is 6.55. The molecule has 4 aromatic rings. The van der Waals surface area contributed by atoms with E-state index < -0.39 is 5.91 Å². The second kappa shape index (κ2) is 10.4. The smallest absolute Gasteiger partial charge is 0.334 e. The lowest BCUT2D eigenvalue weighted by molar-refractivity contribution is -0.136. The number of carbonyl (C=O) groups is 3. The first-order valence-corrected chi connectivity index (χ1v) is 14.9. The normalized spacial score (nSPS) is 20.0. The van der Waals surface area contributed by atoms with Gasteiger partial charge in [-0.3, -0.25) is 19.4 Å². The van der Waals surface area contributed by atoms with Gasteiger partial charge in [-0.2, -0.15) is 0 Å². The predicted molar refractivity (Wildman–Crippen MR) is 162 cm³/mol. The molecule has 2 saturated heterocycles. The first-order chi connectivity index (χ1) is 20.4. The molecule has 2 aromatic carbocycles. The second-order valence-corrected chi connectivity index (χ2v) is 11.9. The summed E-state index contributed by atoms with van der Waals surface area (Å²) in [4.78, 5) is 51.2. The third kappa shape index (κ3) is 4.36. The van der Waals surface area contributed by atoms with E-state index >= 15 is 0 Å². The lowest BCUT2D eigenvalue weighted by atomic mass is 9.98. The number of hydrogen-bond donors (Lipinski definition) is 2. The fourth-order valence-corrected chi connectivity index (χ4v) is 7.11. The number of nitrogens with zero attached hydrogens (tertiary/aromatic N) is 4. The molecular formula is C31H30N6O4S. The summed E-state index contributed by atoms with van der Waals surface area (Å²) in [5.74, 6) is 0.828. The summed E-state index contributed by atoms with van der Waals surface area (Å²) < 4.78 is 6.04. The lowest BCUT2D eigenvalue weighted by Gasteiger charge is -2.44. The van der Waals surface area contributed by atoms with Crippen molar-refractivity contribution in [1.29, 1.82) is 0 Å². The number of aryl methyl sites for hydroxylation is 1. The number of thiophene rings is 1. The van der Waals surface area contributed by atoms with Crippen LogP contribution in [-0.2, 0) is 4.79 Å². The van der Waals surface area contributed by atoms with Crippen LogP contribution in [0.25, 0.3) is 10.2 Å². The third-order valence-electron chi connectivity index (χ3n) is 8.23. The Hall–Kier alpha value is -4.48. The molecule has 7 rings (SSSR count). The highest BCUT2D eigenvalue weighted by Crippen LogP contribution is 2.50. The van der Waals surface area contributed by atoms with Crippen LogP contribution >= 0.6 is 11.3 Å². The standard InChI is InChI=1S/C31H30N6O4S/c1-18-16-21(41-20-7-3-2-4-8-20)9-10-23(18)37-24-12-14-34-29-25(24)26(27(42-29)28(32)38)36(31(37)40)19-6-5-15-35(17-19)30(39)22-11-13-33-22/h2-4,7-10,12,14,16,19,22,33H,5-6,11,13,15,17H2,1H3,(H2,32,38)/t19-,22-/m1/s1. The van der Waals surface area contributed by atoms with E-state index in [0.29, 0.717) is 57.4 Å². The Morgan fingerprint density at radius 3 is 2.60 bits per heavy atom. The van der Waals surface area contributed by atoms with Gasteiger partial charge in [-0.05, 0) is 74.7 Å². The van der Waals surface area contributed by atoms with Crippen molar-refractivity contribution in [3.8, 4) is 11.5 Å². The molecule has 4 amide bonds. The van der Waals surface area contributed by atoms with Crippen LogP contribution in [0, 0.1) is 6.92 Å². The van der Waals surface area contributed by atoms with E-state index in [4.69, 9.17) is 10.5 Å². The van der Waals surface area contributed by atoms with Gasteiger partial charge in [0.25, 0.3) is 5.91 Å². The van der Waals surface area contributed by atoms with E-state index in [1.54, 1.807) is 22.1 Å². The van der Waals surface area contributed by atoms with Crippen molar-refractivity contribution >= 4 is 56.5 Å². The minimum absolute atomic E-state index is 0.0600. The lowest BCUT2D eigenvalue weighted by Crippen LogP contribution is -2.60. The van der Waals surface area contributed by atoms with Gasteiger partial charge in [0.2, 0.25) is 5.91 Å². The fourth-order valence-electron chi connectivity index (χ4n) is 6.11. The molecule has 2 aromatic heterocycles. The van der Waals surface area contributed by atoms with E-state index in [9.17, 15) is 14.4 Å². The first-order valence-electron chi connectivity index (χ1n) is 14.1. The summed E-state index contributed by atoms with van der Waals surface area (Å²) >= 11 is 1.19. The topological polar surface area (TPSA) is 121 Å². The van der Waals surface area contributed by atoms with Gasteiger partial charge in [-0.15, -0.1) is 11.3 Å². The molecule has 0 radical (unpaired) electrons. The van der Waals surface area contributed by atoms with Gasteiger partial charge in [-0.1, -0.05) is 18.2 Å². The Morgan fingerprint density at radius 1 is 1.07 bits per heavy atom. The molecule has 0 aliphatic carbocycles. The molecule has 3 aliphatic heterocycles. The average Bonchev–Trinajstić information content (AvgIpc) is 3.35. The molecule has 3 N–H and O–H groups in total. The van der Waals surface area contributed by atoms with Crippen molar-refractivity contribution in [2.24, 2.45) is 5.73 Å². The number of benzene rings is 2. The molecule has 0 bridgehead atoms. The third-order valence-corrected chi connectivity index (χ3v) is 9.33. The second-order valence-electron chi connectivity index (χ2n) is 10.9. The predicted octanol–water partition coefficient (Wildman–Crippen LogP) is 4.93. The number of rotatable bonds is 6. The largest absolute Gasteiger partial charge is 0.457 e. The number of nitrogens with one attached hydrogen (secondary N) is 1. The minimum atomic E-state index is -0.605. The van der Waals surface area contributed by atoms with Gasteiger partial charge in [0.1, 0.15) is 21.2 Å². The van der Waals surface area contributed by atoms with Crippen molar-refractivity contribution in [2.45, 2.75) is 38.3 Å². The van der Waals surface area contributed by atoms with Gasteiger partial charge in [0.15, 0.2) is 0 Å². The molecule has 2 fully saturated rings. The summed E-state index contributed by atoms with van der Waals surface area (Å²) in [6.07, 6.45) is 3.90. The molecule has 11 heteroatoms. The molecule has 42 heavy (non-hydrogen) atoms. The van der Waals surface area contributed by atoms with Gasteiger partial charge in [0, 0.05) is 19.3 Å². The Morgan fingerprint density at radius 2 is 1.88 bits per heavy atom. The maximum absolute atomic E-state index is 14.6. The Labute approximate surface area is 246 Å². The van der Waals surface area contributed by atoms with E-state index in [1.807, 2.05) is 60.4 Å². The summed E-state index contributed by atoms with van der Waals surface area (Å²) in [6, 6.07) is 16.1. The van der Waals surface area contributed by atoms with E-state index in [2.05, 4.69) is 10.3 Å². The van der Waals surface area contributed by atoms with E-state index in [1.165, 1.54) is 11.3 Å². The fraction of sp³-hybridized carbons (Fsp3) is 0.290. The highest BCUT2D eigenvalue weighted by Gasteiger charge is 2.44. The van der Waals surface area contributed by atoms with Crippen LogP contribution < -0.4 is 25.6 Å². The van der Waals surface area contributed by atoms with Crippen molar-refractivity contribution in [2.75, 3.05) is 29.4 Å². The number of likely N-dealkylation sites (tertiary alicyclic amines) is 1. The van der Waals surface area contributed by atoms with Gasteiger partial charge < -0.3 is 20.7 Å². The number of hydrogen-bond acceptors (Lipinski definition) is 7. The van der Waals surface area contributed by atoms with Crippen molar-refractivity contribution in [3.63, 3.8) is 0 Å². The zero-order chi connectivity index (χ0) is 29.0. The van der Waals surface area contributed by atoms with E-state index in [-0.39, 0.29) is 24.0 Å². The molecule has 0 spiro atoms. The number of urea groups is 1. The Balaban J connectivity index is 1.31. The molecule has 10 nitrogen and oxygen atoms in total. The molecule has 0 unspecified atom stereocenters. The number of aromatic nitrogens is 1. The number of carbonyl (C=O) groups excluding carboxylic acids is 3. The molecule has 2 atom stereocenters. The van der Waals surface area contributed by atoms with Gasteiger partial charge in [-0.25, -0.2) is 9.78 Å². The number of pyridine rings is 1. The average molecular weight is 583 g/mol.